The minimum Gasteiger partial charge on any atom is -0.347 e. The summed E-state index contributed by atoms with van der Waals surface area (Å²) in [5.74, 6) is -0.105. The monoisotopic (exact) mass is 432 g/mol. The van der Waals surface area contributed by atoms with E-state index in [9.17, 15) is 4.79 Å². The SMILES string of the molecule is Cc1ccc(C[C@@H](CN)NC(=O)c2cc(Br)c(-c3ccnn3C)s2)cc1. The Hall–Kier alpha value is -1.96. The lowest BCUT2D eigenvalue weighted by molar-refractivity contribution is 0.0942. The molecule has 0 saturated heterocycles. The van der Waals surface area contributed by atoms with E-state index in [2.05, 4.69) is 57.5 Å². The first kappa shape index (κ1) is 18.8. The summed E-state index contributed by atoms with van der Waals surface area (Å²) < 4.78 is 2.68. The van der Waals surface area contributed by atoms with Gasteiger partial charge in [-0.25, -0.2) is 0 Å². The fraction of sp³-hybridized carbons (Fsp3) is 0.263. The molecule has 1 amide bonds. The number of aromatic nitrogens is 2. The van der Waals surface area contributed by atoms with Gasteiger partial charge in [-0.2, -0.15) is 5.10 Å². The third-order valence-electron chi connectivity index (χ3n) is 4.19. The van der Waals surface area contributed by atoms with Crippen LogP contribution in [0.2, 0.25) is 0 Å². The van der Waals surface area contributed by atoms with Crippen molar-refractivity contribution in [3.8, 4) is 10.6 Å². The van der Waals surface area contributed by atoms with Gasteiger partial charge >= 0.3 is 0 Å². The van der Waals surface area contributed by atoms with Crippen molar-refractivity contribution in [2.24, 2.45) is 12.8 Å². The van der Waals surface area contributed by atoms with Crippen molar-refractivity contribution in [3.05, 3.63) is 63.1 Å². The van der Waals surface area contributed by atoms with E-state index in [0.29, 0.717) is 17.8 Å². The van der Waals surface area contributed by atoms with Crippen molar-refractivity contribution in [1.82, 2.24) is 15.1 Å². The maximum absolute atomic E-state index is 12.7. The summed E-state index contributed by atoms with van der Waals surface area (Å²) >= 11 is 4.99. The molecule has 1 atom stereocenters. The van der Waals surface area contributed by atoms with Crippen molar-refractivity contribution in [2.45, 2.75) is 19.4 Å². The van der Waals surface area contributed by atoms with Crippen LogP contribution in [-0.2, 0) is 13.5 Å². The van der Waals surface area contributed by atoms with Crippen LogP contribution < -0.4 is 11.1 Å². The topological polar surface area (TPSA) is 72.9 Å². The average Bonchev–Trinajstić information content (AvgIpc) is 3.21. The molecule has 7 heteroatoms. The van der Waals surface area contributed by atoms with Gasteiger partial charge in [0, 0.05) is 30.3 Å². The molecule has 0 aliphatic heterocycles. The van der Waals surface area contributed by atoms with Crippen LogP contribution in [0, 0.1) is 6.92 Å². The van der Waals surface area contributed by atoms with Crippen LogP contribution in [0.1, 0.15) is 20.8 Å². The molecule has 2 aromatic heterocycles. The van der Waals surface area contributed by atoms with Crippen molar-refractivity contribution >= 4 is 33.2 Å². The minimum absolute atomic E-state index is 0.105. The highest BCUT2D eigenvalue weighted by atomic mass is 79.9. The largest absolute Gasteiger partial charge is 0.347 e. The number of benzene rings is 1. The second-order valence-corrected chi connectivity index (χ2v) is 8.13. The number of hydrogen-bond donors (Lipinski definition) is 2. The third kappa shape index (κ3) is 4.23. The molecule has 0 radical (unpaired) electrons. The number of thiophene rings is 1. The number of carbonyl (C=O) groups excluding carboxylic acids is 1. The summed E-state index contributed by atoms with van der Waals surface area (Å²) in [7, 11) is 1.88. The fourth-order valence-electron chi connectivity index (χ4n) is 2.71. The van der Waals surface area contributed by atoms with Gasteiger partial charge in [-0.05, 0) is 47.0 Å². The van der Waals surface area contributed by atoms with Crippen molar-refractivity contribution in [1.29, 1.82) is 0 Å². The Morgan fingerprint density at radius 3 is 2.69 bits per heavy atom. The van der Waals surface area contributed by atoms with Crippen LogP contribution in [0.4, 0.5) is 0 Å². The van der Waals surface area contributed by atoms with E-state index in [1.807, 2.05) is 19.2 Å². The first-order valence-corrected chi connectivity index (χ1v) is 9.93. The second-order valence-electron chi connectivity index (χ2n) is 6.22. The molecule has 3 aromatic rings. The molecule has 0 unspecified atom stereocenters. The number of amides is 1. The van der Waals surface area contributed by atoms with Crippen LogP contribution >= 0.6 is 27.3 Å². The Balaban J connectivity index is 1.72. The number of nitrogens with one attached hydrogen (secondary N) is 1. The predicted molar refractivity (Wildman–Crippen MR) is 109 cm³/mol. The maximum Gasteiger partial charge on any atom is 0.261 e. The number of hydrogen-bond acceptors (Lipinski definition) is 4. The molecule has 0 spiro atoms. The van der Waals surface area contributed by atoms with Gasteiger partial charge in [-0.1, -0.05) is 29.8 Å². The standard InChI is InChI=1S/C19H21BrN4OS/c1-12-3-5-13(6-4-12)9-14(11-21)23-19(25)17-10-15(20)18(26-17)16-7-8-22-24(16)2/h3-8,10,14H,9,11,21H2,1-2H3,(H,23,25)/t14-/m0/s1. The lowest BCUT2D eigenvalue weighted by Gasteiger charge is -2.16. The quantitative estimate of drug-likeness (QED) is 0.625. The molecular weight excluding hydrogens is 412 g/mol. The summed E-state index contributed by atoms with van der Waals surface area (Å²) in [6.07, 6.45) is 2.46. The predicted octanol–water partition coefficient (Wildman–Crippen LogP) is 3.52. The smallest absolute Gasteiger partial charge is 0.261 e. The van der Waals surface area contributed by atoms with Crippen LogP contribution in [0.3, 0.4) is 0 Å². The molecule has 5 nitrogen and oxygen atoms in total. The molecule has 3 N–H and O–H groups in total. The summed E-state index contributed by atoms with van der Waals surface area (Å²) in [6.45, 7) is 2.45. The Labute approximate surface area is 165 Å². The highest BCUT2D eigenvalue weighted by Crippen LogP contribution is 2.36. The number of aryl methyl sites for hydroxylation is 2. The van der Waals surface area contributed by atoms with Gasteiger partial charge in [0.05, 0.1) is 15.4 Å². The molecule has 3 rings (SSSR count). The zero-order chi connectivity index (χ0) is 18.7. The molecule has 136 valence electrons. The number of nitrogens with two attached hydrogens (primary N) is 1. The van der Waals surface area contributed by atoms with Crippen molar-refractivity contribution in [3.63, 3.8) is 0 Å². The zero-order valence-corrected chi connectivity index (χ0v) is 17.1. The number of halogens is 1. The van der Waals surface area contributed by atoms with E-state index < -0.39 is 0 Å². The summed E-state index contributed by atoms with van der Waals surface area (Å²) in [5.41, 5.74) is 9.22. The van der Waals surface area contributed by atoms with Crippen molar-refractivity contribution < 1.29 is 4.79 Å². The van der Waals surface area contributed by atoms with Crippen LogP contribution in [-0.4, -0.2) is 28.3 Å². The maximum atomic E-state index is 12.7. The second kappa shape index (κ2) is 8.16. The average molecular weight is 433 g/mol. The molecular formula is C19H21BrN4OS. The molecule has 0 saturated carbocycles. The van der Waals surface area contributed by atoms with Gasteiger partial charge in [-0.15, -0.1) is 11.3 Å². The molecule has 26 heavy (non-hydrogen) atoms. The van der Waals surface area contributed by atoms with E-state index in [-0.39, 0.29) is 11.9 Å². The summed E-state index contributed by atoms with van der Waals surface area (Å²) in [4.78, 5) is 14.3. The first-order valence-electron chi connectivity index (χ1n) is 8.32. The molecule has 0 aliphatic rings. The fourth-order valence-corrected chi connectivity index (χ4v) is 4.55. The number of nitrogens with zero attached hydrogens (tertiary/aromatic N) is 2. The van der Waals surface area contributed by atoms with Gasteiger partial charge in [0.2, 0.25) is 0 Å². The van der Waals surface area contributed by atoms with Gasteiger partial charge in [0.15, 0.2) is 0 Å². The minimum atomic E-state index is -0.105. The summed E-state index contributed by atoms with van der Waals surface area (Å²) in [6, 6.07) is 12.0. The third-order valence-corrected chi connectivity index (χ3v) is 6.23. The van der Waals surface area contributed by atoms with Crippen LogP contribution in [0.25, 0.3) is 10.6 Å². The highest BCUT2D eigenvalue weighted by molar-refractivity contribution is 9.10. The molecule has 1 aromatic carbocycles. The Morgan fingerprint density at radius 1 is 1.35 bits per heavy atom. The van der Waals surface area contributed by atoms with E-state index >= 15 is 0 Å². The van der Waals surface area contributed by atoms with E-state index in [1.54, 1.807) is 10.9 Å². The Bertz CT molecular complexity index is 901. The van der Waals surface area contributed by atoms with Crippen LogP contribution in [0.15, 0.2) is 47.1 Å². The van der Waals surface area contributed by atoms with Crippen LogP contribution in [0.5, 0.6) is 0 Å². The van der Waals surface area contributed by atoms with Crippen molar-refractivity contribution in [2.75, 3.05) is 6.54 Å². The normalized spacial score (nSPS) is 12.2. The number of rotatable bonds is 6. The molecule has 0 fully saturated rings. The summed E-state index contributed by atoms with van der Waals surface area (Å²) in [5, 5.41) is 7.24. The Kier molecular flexibility index (Phi) is 5.90. The van der Waals surface area contributed by atoms with E-state index in [4.69, 9.17) is 5.73 Å². The highest BCUT2D eigenvalue weighted by Gasteiger charge is 2.19. The van der Waals surface area contributed by atoms with E-state index in [0.717, 1.165) is 20.6 Å². The Morgan fingerprint density at radius 2 is 2.08 bits per heavy atom. The van der Waals surface area contributed by atoms with E-state index in [1.165, 1.54) is 16.9 Å². The number of carbonyl (C=O) groups is 1. The molecule has 0 bridgehead atoms. The van der Waals surface area contributed by atoms with Gasteiger partial charge in [0.25, 0.3) is 5.91 Å². The molecule has 2 heterocycles. The van der Waals surface area contributed by atoms with Gasteiger partial charge in [-0.3, -0.25) is 9.48 Å². The first-order chi connectivity index (χ1) is 12.5. The van der Waals surface area contributed by atoms with Gasteiger partial charge < -0.3 is 11.1 Å². The lowest BCUT2D eigenvalue weighted by Crippen LogP contribution is -2.41. The zero-order valence-electron chi connectivity index (χ0n) is 14.7. The van der Waals surface area contributed by atoms with Gasteiger partial charge in [0.1, 0.15) is 0 Å². The molecule has 0 aliphatic carbocycles. The lowest BCUT2D eigenvalue weighted by atomic mass is 10.0.